The van der Waals surface area contributed by atoms with Crippen LogP contribution in [-0.4, -0.2) is 214 Å². The summed E-state index contributed by atoms with van der Waals surface area (Å²) in [5.41, 5.74) is -0.989. The van der Waals surface area contributed by atoms with E-state index in [-0.39, 0.29) is 63.5 Å². The molecule has 5 N–H and O–H groups in total. The highest BCUT2D eigenvalue weighted by Crippen LogP contribution is 2.30. The number of unbranched alkanes of at least 4 members (excludes halogenated alkanes) is 2. The van der Waals surface area contributed by atoms with Crippen LogP contribution in [0.5, 0.6) is 0 Å². The molecule has 0 aromatic heterocycles. The fourth-order valence-corrected chi connectivity index (χ4v) is 18.2. The second-order valence-electron chi connectivity index (χ2n) is 23.1. The molecule has 1 rings (SSSR count). The molecule has 0 bridgehead atoms. The predicted octanol–water partition coefficient (Wildman–Crippen LogP) is 8.32. The zero-order valence-corrected chi connectivity index (χ0v) is 61.6. The average molecular weight is 1360 g/mol. The van der Waals surface area contributed by atoms with Gasteiger partial charge < -0.3 is 90.1 Å². The van der Waals surface area contributed by atoms with Crippen molar-refractivity contribution in [3.05, 3.63) is 0 Å². The summed E-state index contributed by atoms with van der Waals surface area (Å²) >= 11 is 0. The summed E-state index contributed by atoms with van der Waals surface area (Å²) in [5.74, 6) is -1.54. The van der Waals surface area contributed by atoms with E-state index in [0.717, 1.165) is 77.3 Å². The van der Waals surface area contributed by atoms with Gasteiger partial charge in [-0.05, 0) is 171 Å². The molecule has 1 aliphatic rings. The van der Waals surface area contributed by atoms with Gasteiger partial charge in [0.25, 0.3) is 0 Å². The molecule has 536 valence electrons. The fraction of sp³-hybridized carbons (Fsp3) is 0.922. The lowest BCUT2D eigenvalue weighted by molar-refractivity contribution is -0.162. The van der Waals surface area contributed by atoms with Gasteiger partial charge in [0.15, 0.2) is 0 Å². The Hall–Kier alpha value is -2.56. The van der Waals surface area contributed by atoms with E-state index in [4.69, 9.17) is 63.5 Å². The summed E-state index contributed by atoms with van der Waals surface area (Å²) in [6.07, 6.45) is 11.6. The molecular weight excluding hydrogens is 1230 g/mol. The molecule has 1 atom stereocenters. The number of hydrogen-bond acceptors (Lipinski definition) is 24. The summed E-state index contributed by atoms with van der Waals surface area (Å²) in [6, 6.07) is 1.82. The molecule has 27 heteroatoms. The van der Waals surface area contributed by atoms with Crippen molar-refractivity contribution in [2.45, 2.75) is 203 Å². The van der Waals surface area contributed by atoms with Gasteiger partial charge in [0, 0.05) is 110 Å². The Balaban J connectivity index is 2.86. The zero-order valence-electron chi connectivity index (χ0n) is 58.6. The number of rotatable bonds is 64. The van der Waals surface area contributed by atoms with Crippen molar-refractivity contribution in [3.8, 4) is 0 Å². The highest BCUT2D eigenvalue weighted by Gasteiger charge is 2.42. The number of nitrogens with one attached hydrogen (secondary N) is 5. The second-order valence-corrected chi connectivity index (χ2v) is 31.3. The van der Waals surface area contributed by atoms with Gasteiger partial charge in [0.2, 0.25) is 0 Å². The van der Waals surface area contributed by atoms with Crippen LogP contribution in [0.3, 0.4) is 0 Å². The molecule has 0 saturated heterocycles. The Morgan fingerprint density at radius 1 is 0.385 bits per heavy atom. The lowest BCUT2D eigenvalue weighted by Crippen LogP contribution is -2.47. The van der Waals surface area contributed by atoms with Gasteiger partial charge >= 0.3 is 56.3 Å². The summed E-state index contributed by atoms with van der Waals surface area (Å²) < 4.78 is 84.0. The van der Waals surface area contributed by atoms with Gasteiger partial charge in [0.05, 0.1) is 50.2 Å². The molecule has 91 heavy (non-hydrogen) atoms. The highest BCUT2D eigenvalue weighted by molar-refractivity contribution is 6.61. The molecule has 1 unspecified atom stereocenters. The second kappa shape index (κ2) is 55.6. The fourth-order valence-electron chi connectivity index (χ4n) is 10.4. The van der Waals surface area contributed by atoms with Crippen molar-refractivity contribution < 1.29 is 87.5 Å². The molecule has 1 saturated carbocycles. The Morgan fingerprint density at radius 2 is 0.692 bits per heavy atom. The minimum absolute atomic E-state index is 0.0686. The number of carbonyl (C=O) groups is 5. The summed E-state index contributed by atoms with van der Waals surface area (Å²) in [6.45, 7) is 31.8. The van der Waals surface area contributed by atoms with Crippen LogP contribution in [0.25, 0.3) is 0 Å². The number of carbonyl (C=O) groups excluding carboxylic acids is 5. The zero-order chi connectivity index (χ0) is 67.2. The lowest BCUT2D eigenvalue weighted by atomic mass is 9.83. The molecule has 0 amide bonds. The molecular formula is C64H129N5O19Si3. The molecule has 1 fully saturated rings. The van der Waals surface area contributed by atoms with Crippen molar-refractivity contribution in [3.63, 3.8) is 0 Å². The van der Waals surface area contributed by atoms with Gasteiger partial charge in [-0.2, -0.15) is 0 Å². The molecule has 24 nitrogen and oxygen atoms in total. The van der Waals surface area contributed by atoms with Gasteiger partial charge in [-0.25, -0.2) is 0 Å². The van der Waals surface area contributed by atoms with Crippen molar-refractivity contribution >= 4 is 56.3 Å². The van der Waals surface area contributed by atoms with Crippen LogP contribution in [0.1, 0.15) is 185 Å². The van der Waals surface area contributed by atoms with Crippen LogP contribution >= 0.6 is 0 Å². The normalized spacial score (nSPS) is 15.2. The smallest absolute Gasteiger partial charge is 0.465 e. The van der Waals surface area contributed by atoms with Gasteiger partial charge in [-0.15, -0.1) is 0 Å². The molecule has 0 aliphatic heterocycles. The van der Waals surface area contributed by atoms with Gasteiger partial charge in [-0.3, -0.25) is 24.0 Å². The number of hydrogen-bond donors (Lipinski definition) is 5. The molecule has 0 aromatic carbocycles. The van der Waals surface area contributed by atoms with Crippen molar-refractivity contribution in [2.75, 3.05) is 158 Å². The maximum absolute atomic E-state index is 13.7. The SMILES string of the molecule is CCCCNCCC(=O)OCC1CCC(COC(=O)C(CCO[Si](CCCNCCC(=O)OCC(CC)(COC(=O)CCNCCC[Si](OCC)(OCC)OCC)COC(=O)CCNCCC[Si](OCC)(OCC)OCC)(OCC)OCC)CNCCCC)CC1. The largest absolute Gasteiger partial charge is 0.500 e. The van der Waals surface area contributed by atoms with E-state index in [9.17, 15) is 24.0 Å². The first kappa shape index (κ1) is 86.5. The summed E-state index contributed by atoms with van der Waals surface area (Å²) in [7, 11) is -8.72. The first-order valence-corrected chi connectivity index (χ1v) is 41.0. The van der Waals surface area contributed by atoms with E-state index in [0.29, 0.717) is 168 Å². The summed E-state index contributed by atoms with van der Waals surface area (Å²) in [5, 5.41) is 16.7. The molecule has 0 aromatic rings. The quantitative estimate of drug-likeness (QED) is 0.0166. The monoisotopic (exact) mass is 1360 g/mol. The van der Waals surface area contributed by atoms with E-state index >= 15 is 0 Å². The van der Waals surface area contributed by atoms with Crippen LogP contribution in [0.2, 0.25) is 18.1 Å². The predicted molar refractivity (Wildman–Crippen MR) is 358 cm³/mol. The highest BCUT2D eigenvalue weighted by atomic mass is 28.4. The third kappa shape index (κ3) is 41.2. The Kier molecular flexibility index (Phi) is 52.8. The van der Waals surface area contributed by atoms with E-state index in [1.165, 1.54) is 0 Å². The van der Waals surface area contributed by atoms with Crippen molar-refractivity contribution in [1.29, 1.82) is 0 Å². The Morgan fingerprint density at radius 3 is 1.02 bits per heavy atom. The van der Waals surface area contributed by atoms with E-state index in [1.807, 2.05) is 62.3 Å². The minimum atomic E-state index is -3.17. The maximum atomic E-state index is 13.7. The first-order valence-electron chi connectivity index (χ1n) is 35.2. The number of esters is 5. The van der Waals surface area contributed by atoms with Gasteiger partial charge in [0.1, 0.15) is 19.8 Å². The van der Waals surface area contributed by atoms with E-state index in [1.54, 1.807) is 0 Å². The lowest BCUT2D eigenvalue weighted by Gasteiger charge is -2.31. The number of ether oxygens (including phenoxy) is 5. The van der Waals surface area contributed by atoms with E-state index in [2.05, 4.69) is 40.4 Å². The minimum Gasteiger partial charge on any atom is -0.465 e. The molecule has 1 aliphatic carbocycles. The van der Waals surface area contributed by atoms with E-state index < -0.39 is 55.7 Å². The van der Waals surface area contributed by atoms with Crippen LogP contribution in [-0.2, 0) is 87.5 Å². The van der Waals surface area contributed by atoms with Crippen LogP contribution < -0.4 is 26.6 Å². The Bertz CT molecular complexity index is 1740. The molecule has 0 spiro atoms. The maximum Gasteiger partial charge on any atom is 0.500 e. The van der Waals surface area contributed by atoms with Crippen LogP contribution in [0.4, 0.5) is 0 Å². The van der Waals surface area contributed by atoms with Crippen LogP contribution in [0.15, 0.2) is 0 Å². The third-order valence-electron chi connectivity index (χ3n) is 15.6. The molecule has 0 radical (unpaired) electrons. The first-order chi connectivity index (χ1) is 44.1. The molecule has 0 heterocycles. The van der Waals surface area contributed by atoms with Crippen molar-refractivity contribution in [1.82, 2.24) is 26.6 Å². The summed E-state index contributed by atoms with van der Waals surface area (Å²) in [4.78, 5) is 65.6. The van der Waals surface area contributed by atoms with Crippen molar-refractivity contribution in [2.24, 2.45) is 23.2 Å². The third-order valence-corrected chi connectivity index (χ3v) is 25.0. The standard InChI is InChI=1S/C64H129N5O19Si3/c1-12-23-37-65-42-32-59(70)75-51-56-28-30-57(31-29-56)52-76-63(74)58(50-69-38-24-13-2)36-46-88-91(86-21-10,87-22-11)49-27-41-68-45-35-62(73)79-55-64(14-3,53-77-60(71)33-43-66-39-25-47-89(80-15-4,81-16-5)82-17-6)54-78-61(72)34-44-67-40-26-48-90(83-18-7,84-19-8)85-20-9/h56-58,65-69H,12-55H2,1-11H3. The van der Waals surface area contributed by atoms with Crippen LogP contribution in [0, 0.1) is 23.2 Å². The average Bonchev–Trinajstić information content (AvgIpc) is 3.29. The topological polar surface area (TPSA) is 275 Å². The Labute approximate surface area is 552 Å². The van der Waals surface area contributed by atoms with Gasteiger partial charge in [-0.1, -0.05) is 33.6 Å².